The first-order valence-corrected chi connectivity index (χ1v) is 8.61. The number of aromatic nitrogens is 3. The van der Waals surface area contributed by atoms with Gasteiger partial charge in [-0.05, 0) is 42.5 Å². The number of nitrogens with one attached hydrogen (secondary N) is 2. The quantitative estimate of drug-likeness (QED) is 0.770. The van der Waals surface area contributed by atoms with Gasteiger partial charge in [-0.1, -0.05) is 25.1 Å². The van der Waals surface area contributed by atoms with Gasteiger partial charge in [-0.25, -0.2) is 14.8 Å². The highest BCUT2D eigenvalue weighted by molar-refractivity contribution is 5.76. The maximum absolute atomic E-state index is 11.9. The first-order chi connectivity index (χ1) is 12.2. The lowest BCUT2D eigenvalue weighted by Gasteiger charge is -2.33. The Morgan fingerprint density at radius 1 is 1.20 bits per heavy atom. The van der Waals surface area contributed by atoms with Gasteiger partial charge in [0.15, 0.2) is 0 Å². The number of para-hydroxylation sites is 2. The van der Waals surface area contributed by atoms with Crippen LogP contribution in [0.2, 0.25) is 0 Å². The second-order valence-electron chi connectivity index (χ2n) is 6.73. The Morgan fingerprint density at radius 2 is 2.04 bits per heavy atom. The summed E-state index contributed by atoms with van der Waals surface area (Å²) < 4.78 is 1.96. The molecule has 0 bridgehead atoms. The smallest absolute Gasteiger partial charge is 0.315 e. The number of nitrogens with zero attached hydrogens (tertiary/aromatic N) is 3. The third-order valence-corrected chi connectivity index (χ3v) is 4.67. The number of urea groups is 1. The summed E-state index contributed by atoms with van der Waals surface area (Å²) in [5.41, 5.74) is 2.93. The van der Waals surface area contributed by atoms with Gasteiger partial charge in [0.1, 0.15) is 12.1 Å². The molecule has 1 aliphatic rings. The van der Waals surface area contributed by atoms with Gasteiger partial charge >= 0.3 is 6.03 Å². The molecule has 1 aromatic carbocycles. The number of rotatable bonds is 4. The van der Waals surface area contributed by atoms with E-state index in [0.717, 1.165) is 41.2 Å². The summed E-state index contributed by atoms with van der Waals surface area (Å²) in [6.45, 7) is 2.67. The standard InChI is InChI=1S/C19H21N5O/c1-13-8-15(9-13)23-19(25)21-11-14-6-7-18(20-10-14)24-12-22-16-4-2-3-5-17(16)24/h2-7,10,12-13,15H,8-9,11H2,1H3,(H2,21,23,25). The van der Waals surface area contributed by atoms with Crippen molar-refractivity contribution in [2.75, 3.05) is 0 Å². The molecule has 0 radical (unpaired) electrons. The van der Waals surface area contributed by atoms with Gasteiger partial charge in [0.2, 0.25) is 0 Å². The normalized spacial score (nSPS) is 19.4. The molecule has 2 amide bonds. The van der Waals surface area contributed by atoms with Gasteiger partial charge in [0, 0.05) is 18.8 Å². The van der Waals surface area contributed by atoms with Crippen LogP contribution in [-0.4, -0.2) is 26.6 Å². The number of benzene rings is 1. The van der Waals surface area contributed by atoms with Gasteiger partial charge in [0.25, 0.3) is 0 Å². The van der Waals surface area contributed by atoms with E-state index in [0.29, 0.717) is 12.6 Å². The topological polar surface area (TPSA) is 71.8 Å². The van der Waals surface area contributed by atoms with Crippen molar-refractivity contribution in [2.24, 2.45) is 5.92 Å². The number of hydrogen-bond donors (Lipinski definition) is 2. The number of pyridine rings is 1. The average molecular weight is 335 g/mol. The number of amides is 2. The fourth-order valence-electron chi connectivity index (χ4n) is 3.24. The van der Waals surface area contributed by atoms with Gasteiger partial charge in [-0.2, -0.15) is 0 Å². The van der Waals surface area contributed by atoms with E-state index in [1.165, 1.54) is 0 Å². The van der Waals surface area contributed by atoms with Gasteiger partial charge in [-0.15, -0.1) is 0 Å². The molecule has 1 saturated carbocycles. The van der Waals surface area contributed by atoms with Crippen LogP contribution >= 0.6 is 0 Å². The van der Waals surface area contributed by atoms with Crippen LogP contribution in [0.15, 0.2) is 48.9 Å². The average Bonchev–Trinajstić information content (AvgIpc) is 3.03. The minimum absolute atomic E-state index is 0.110. The molecule has 0 spiro atoms. The van der Waals surface area contributed by atoms with Crippen molar-refractivity contribution >= 4 is 17.1 Å². The summed E-state index contributed by atoms with van der Waals surface area (Å²) in [5, 5.41) is 5.88. The first-order valence-electron chi connectivity index (χ1n) is 8.61. The summed E-state index contributed by atoms with van der Waals surface area (Å²) in [5.74, 6) is 1.53. The molecule has 6 heteroatoms. The van der Waals surface area contributed by atoms with E-state index in [1.54, 1.807) is 12.5 Å². The molecule has 4 rings (SSSR count). The molecule has 1 aliphatic carbocycles. The molecule has 25 heavy (non-hydrogen) atoms. The Kier molecular flexibility index (Phi) is 4.09. The predicted octanol–water partition coefficient (Wildman–Crippen LogP) is 3.02. The minimum atomic E-state index is -0.110. The summed E-state index contributed by atoms with van der Waals surface area (Å²) >= 11 is 0. The van der Waals surface area contributed by atoms with E-state index in [-0.39, 0.29) is 6.03 Å². The number of hydrogen-bond acceptors (Lipinski definition) is 3. The fourth-order valence-corrected chi connectivity index (χ4v) is 3.24. The zero-order valence-electron chi connectivity index (χ0n) is 14.1. The maximum atomic E-state index is 11.9. The maximum Gasteiger partial charge on any atom is 0.315 e. The van der Waals surface area contributed by atoms with Gasteiger partial charge in [-0.3, -0.25) is 4.57 Å². The minimum Gasteiger partial charge on any atom is -0.335 e. The van der Waals surface area contributed by atoms with E-state index >= 15 is 0 Å². The zero-order valence-corrected chi connectivity index (χ0v) is 14.1. The highest BCUT2D eigenvalue weighted by Gasteiger charge is 2.26. The highest BCUT2D eigenvalue weighted by Crippen LogP contribution is 2.26. The lowest BCUT2D eigenvalue weighted by Crippen LogP contribution is -2.47. The zero-order chi connectivity index (χ0) is 17.2. The van der Waals surface area contributed by atoms with E-state index in [2.05, 4.69) is 27.5 Å². The molecule has 3 aromatic rings. The van der Waals surface area contributed by atoms with Crippen molar-refractivity contribution in [1.82, 2.24) is 25.2 Å². The second-order valence-corrected chi connectivity index (χ2v) is 6.73. The monoisotopic (exact) mass is 335 g/mol. The van der Waals surface area contributed by atoms with Crippen LogP contribution < -0.4 is 10.6 Å². The molecular formula is C19H21N5O. The van der Waals surface area contributed by atoms with Crippen LogP contribution in [0.3, 0.4) is 0 Å². The van der Waals surface area contributed by atoms with E-state index < -0.39 is 0 Å². The van der Waals surface area contributed by atoms with Gasteiger partial charge in [0.05, 0.1) is 11.0 Å². The van der Waals surface area contributed by atoms with Crippen molar-refractivity contribution in [3.05, 3.63) is 54.5 Å². The van der Waals surface area contributed by atoms with Crippen LogP contribution in [0, 0.1) is 5.92 Å². The largest absolute Gasteiger partial charge is 0.335 e. The third-order valence-electron chi connectivity index (χ3n) is 4.67. The van der Waals surface area contributed by atoms with Crippen molar-refractivity contribution in [2.45, 2.75) is 32.4 Å². The second kappa shape index (κ2) is 6.55. The molecule has 1 fully saturated rings. The predicted molar refractivity (Wildman–Crippen MR) is 96.4 cm³/mol. The van der Waals surface area contributed by atoms with Crippen molar-refractivity contribution < 1.29 is 4.79 Å². The molecule has 128 valence electrons. The third kappa shape index (κ3) is 3.33. The summed E-state index contributed by atoms with van der Waals surface area (Å²) in [4.78, 5) is 20.8. The summed E-state index contributed by atoms with van der Waals surface area (Å²) in [6.07, 6.45) is 5.71. The van der Waals surface area contributed by atoms with Crippen LogP contribution in [0.5, 0.6) is 0 Å². The van der Waals surface area contributed by atoms with Crippen molar-refractivity contribution in [1.29, 1.82) is 0 Å². The van der Waals surface area contributed by atoms with Crippen molar-refractivity contribution in [3.8, 4) is 5.82 Å². The Bertz CT molecular complexity index is 880. The van der Waals surface area contributed by atoms with Crippen LogP contribution in [-0.2, 0) is 6.54 Å². The van der Waals surface area contributed by atoms with Crippen molar-refractivity contribution in [3.63, 3.8) is 0 Å². The Morgan fingerprint density at radius 3 is 2.80 bits per heavy atom. The fraction of sp³-hybridized carbons (Fsp3) is 0.316. The number of fused-ring (bicyclic) bond motifs is 1. The van der Waals surface area contributed by atoms with Crippen LogP contribution in [0.4, 0.5) is 4.79 Å². The molecule has 0 saturated heterocycles. The van der Waals surface area contributed by atoms with E-state index in [9.17, 15) is 4.79 Å². The highest BCUT2D eigenvalue weighted by atomic mass is 16.2. The van der Waals surface area contributed by atoms with E-state index in [4.69, 9.17) is 0 Å². The SMILES string of the molecule is CC1CC(NC(=O)NCc2ccc(-n3cnc4ccccc43)nc2)C1. The van der Waals surface area contributed by atoms with Crippen LogP contribution in [0.1, 0.15) is 25.3 Å². The molecule has 2 aromatic heterocycles. The lowest BCUT2D eigenvalue weighted by molar-refractivity contribution is 0.210. The lowest BCUT2D eigenvalue weighted by atomic mass is 9.82. The molecule has 0 aliphatic heterocycles. The molecular weight excluding hydrogens is 314 g/mol. The molecule has 0 unspecified atom stereocenters. The Hall–Kier alpha value is -2.89. The Labute approximate surface area is 146 Å². The Balaban J connectivity index is 1.38. The number of carbonyl (C=O) groups excluding carboxylic acids is 1. The molecule has 2 heterocycles. The summed E-state index contributed by atoms with van der Waals surface area (Å²) in [6, 6.07) is 12.1. The summed E-state index contributed by atoms with van der Waals surface area (Å²) in [7, 11) is 0. The molecule has 6 nitrogen and oxygen atoms in total. The number of imidazole rings is 1. The number of carbonyl (C=O) groups is 1. The first kappa shape index (κ1) is 15.6. The van der Waals surface area contributed by atoms with E-state index in [1.807, 2.05) is 41.0 Å². The molecule has 2 N–H and O–H groups in total. The van der Waals surface area contributed by atoms with Gasteiger partial charge < -0.3 is 10.6 Å². The van der Waals surface area contributed by atoms with Crippen LogP contribution in [0.25, 0.3) is 16.9 Å². The molecule has 0 atom stereocenters.